The first-order valence-corrected chi connectivity index (χ1v) is 6.99. The Balaban J connectivity index is 2.30. The van der Waals surface area contributed by atoms with Gasteiger partial charge in [-0.05, 0) is 16.5 Å². The SMILES string of the molecule is COCCNC(=O)CNCc1ccc(C(C)(C)C)cc1. The summed E-state index contributed by atoms with van der Waals surface area (Å²) in [6.45, 7) is 8.71. The Hall–Kier alpha value is -1.39. The van der Waals surface area contributed by atoms with E-state index >= 15 is 0 Å². The summed E-state index contributed by atoms with van der Waals surface area (Å²) in [6, 6.07) is 8.51. The monoisotopic (exact) mass is 278 g/mol. The summed E-state index contributed by atoms with van der Waals surface area (Å²) in [6.07, 6.45) is 0. The third kappa shape index (κ3) is 6.17. The van der Waals surface area contributed by atoms with Crippen LogP contribution in [0.15, 0.2) is 24.3 Å². The number of methoxy groups -OCH3 is 1. The maximum atomic E-state index is 11.5. The van der Waals surface area contributed by atoms with Crippen LogP contribution in [0.25, 0.3) is 0 Å². The summed E-state index contributed by atoms with van der Waals surface area (Å²) < 4.78 is 4.87. The minimum Gasteiger partial charge on any atom is -0.383 e. The highest BCUT2D eigenvalue weighted by molar-refractivity contribution is 5.77. The molecule has 1 aromatic rings. The van der Waals surface area contributed by atoms with Gasteiger partial charge in [0.1, 0.15) is 0 Å². The van der Waals surface area contributed by atoms with E-state index in [9.17, 15) is 4.79 Å². The van der Waals surface area contributed by atoms with Crippen molar-refractivity contribution >= 4 is 5.91 Å². The number of rotatable bonds is 7. The van der Waals surface area contributed by atoms with Crippen molar-refractivity contribution in [1.29, 1.82) is 0 Å². The van der Waals surface area contributed by atoms with Gasteiger partial charge in [-0.3, -0.25) is 4.79 Å². The van der Waals surface area contributed by atoms with Crippen molar-refractivity contribution in [3.05, 3.63) is 35.4 Å². The molecule has 0 aliphatic rings. The van der Waals surface area contributed by atoms with E-state index in [0.29, 0.717) is 26.2 Å². The Kier molecular flexibility index (Phi) is 6.68. The molecule has 0 aliphatic heterocycles. The van der Waals surface area contributed by atoms with Gasteiger partial charge in [-0.2, -0.15) is 0 Å². The number of nitrogens with one attached hydrogen (secondary N) is 2. The van der Waals surface area contributed by atoms with Crippen LogP contribution in [-0.2, 0) is 21.5 Å². The van der Waals surface area contributed by atoms with E-state index in [4.69, 9.17) is 4.74 Å². The smallest absolute Gasteiger partial charge is 0.234 e. The fourth-order valence-corrected chi connectivity index (χ4v) is 1.80. The minimum atomic E-state index is -0.00615. The number of carbonyl (C=O) groups excluding carboxylic acids is 1. The first-order chi connectivity index (χ1) is 9.43. The molecule has 4 nitrogen and oxygen atoms in total. The summed E-state index contributed by atoms with van der Waals surface area (Å²) in [5.41, 5.74) is 2.67. The third-order valence-corrected chi connectivity index (χ3v) is 3.06. The molecule has 0 bridgehead atoms. The Bertz CT molecular complexity index is 407. The van der Waals surface area contributed by atoms with Gasteiger partial charge in [-0.25, -0.2) is 0 Å². The van der Waals surface area contributed by atoms with E-state index in [1.54, 1.807) is 7.11 Å². The normalized spacial score (nSPS) is 11.4. The van der Waals surface area contributed by atoms with Crippen LogP contribution < -0.4 is 10.6 Å². The van der Waals surface area contributed by atoms with Crippen molar-refractivity contribution < 1.29 is 9.53 Å². The highest BCUT2D eigenvalue weighted by Gasteiger charge is 2.12. The summed E-state index contributed by atoms with van der Waals surface area (Å²) >= 11 is 0. The van der Waals surface area contributed by atoms with E-state index < -0.39 is 0 Å². The number of benzene rings is 1. The molecule has 1 rings (SSSR count). The molecule has 0 aromatic heterocycles. The predicted molar refractivity (Wildman–Crippen MR) is 81.7 cm³/mol. The molecule has 0 heterocycles. The third-order valence-electron chi connectivity index (χ3n) is 3.06. The lowest BCUT2D eigenvalue weighted by Crippen LogP contribution is -2.35. The van der Waals surface area contributed by atoms with Gasteiger partial charge in [0.2, 0.25) is 5.91 Å². The van der Waals surface area contributed by atoms with Crippen LogP contribution in [0.4, 0.5) is 0 Å². The first-order valence-electron chi connectivity index (χ1n) is 6.99. The fourth-order valence-electron chi connectivity index (χ4n) is 1.80. The molecule has 0 atom stereocenters. The van der Waals surface area contributed by atoms with Gasteiger partial charge in [0, 0.05) is 20.2 Å². The van der Waals surface area contributed by atoms with Gasteiger partial charge in [-0.15, -0.1) is 0 Å². The number of amides is 1. The highest BCUT2D eigenvalue weighted by Crippen LogP contribution is 2.21. The predicted octanol–water partition coefficient (Wildman–Crippen LogP) is 1.84. The topological polar surface area (TPSA) is 50.4 Å². The van der Waals surface area contributed by atoms with Crippen molar-refractivity contribution in [3.8, 4) is 0 Å². The van der Waals surface area contributed by atoms with Crippen molar-refractivity contribution in [2.24, 2.45) is 0 Å². The lowest BCUT2D eigenvalue weighted by molar-refractivity contribution is -0.120. The summed E-state index contributed by atoms with van der Waals surface area (Å²) in [5, 5.41) is 5.91. The number of carbonyl (C=O) groups is 1. The minimum absolute atomic E-state index is 0.00615. The van der Waals surface area contributed by atoms with Crippen LogP contribution in [-0.4, -0.2) is 32.7 Å². The lowest BCUT2D eigenvalue weighted by Gasteiger charge is -2.19. The van der Waals surface area contributed by atoms with E-state index in [1.165, 1.54) is 11.1 Å². The van der Waals surface area contributed by atoms with Crippen molar-refractivity contribution in [2.75, 3.05) is 26.8 Å². The molecule has 112 valence electrons. The van der Waals surface area contributed by atoms with Gasteiger partial charge in [-0.1, -0.05) is 45.0 Å². The zero-order chi connectivity index (χ0) is 15.0. The molecule has 2 N–H and O–H groups in total. The quantitative estimate of drug-likeness (QED) is 0.748. The first kappa shape index (κ1) is 16.7. The largest absolute Gasteiger partial charge is 0.383 e. The Morgan fingerprint density at radius 2 is 1.85 bits per heavy atom. The Morgan fingerprint density at radius 1 is 1.20 bits per heavy atom. The second-order valence-electron chi connectivity index (χ2n) is 5.89. The maximum absolute atomic E-state index is 11.5. The fraction of sp³-hybridized carbons (Fsp3) is 0.562. The zero-order valence-electron chi connectivity index (χ0n) is 13.0. The van der Waals surface area contributed by atoms with E-state index in [0.717, 1.165) is 0 Å². The van der Waals surface area contributed by atoms with Crippen molar-refractivity contribution in [3.63, 3.8) is 0 Å². The molecule has 0 saturated carbocycles. The van der Waals surface area contributed by atoms with E-state index in [1.807, 2.05) is 0 Å². The van der Waals surface area contributed by atoms with Crippen LogP contribution in [0.3, 0.4) is 0 Å². The summed E-state index contributed by atoms with van der Waals surface area (Å²) in [5.74, 6) is -0.00615. The summed E-state index contributed by atoms with van der Waals surface area (Å²) in [7, 11) is 1.62. The van der Waals surface area contributed by atoms with Crippen LogP contribution in [0.1, 0.15) is 31.9 Å². The van der Waals surface area contributed by atoms with Crippen LogP contribution >= 0.6 is 0 Å². The average Bonchev–Trinajstić information content (AvgIpc) is 2.38. The molecule has 0 aliphatic carbocycles. The van der Waals surface area contributed by atoms with Gasteiger partial charge < -0.3 is 15.4 Å². The van der Waals surface area contributed by atoms with Gasteiger partial charge in [0.05, 0.1) is 13.2 Å². The van der Waals surface area contributed by atoms with Crippen molar-refractivity contribution in [1.82, 2.24) is 10.6 Å². The molecule has 20 heavy (non-hydrogen) atoms. The lowest BCUT2D eigenvalue weighted by atomic mass is 9.87. The molecule has 1 aromatic carbocycles. The van der Waals surface area contributed by atoms with Gasteiger partial charge in [0.15, 0.2) is 0 Å². The molecule has 0 spiro atoms. The van der Waals surface area contributed by atoms with Gasteiger partial charge >= 0.3 is 0 Å². The number of hydrogen-bond donors (Lipinski definition) is 2. The van der Waals surface area contributed by atoms with Crippen LogP contribution in [0.2, 0.25) is 0 Å². The standard InChI is InChI=1S/C16H26N2O2/c1-16(2,3)14-7-5-13(6-8-14)11-17-12-15(19)18-9-10-20-4/h5-8,17H,9-12H2,1-4H3,(H,18,19). The van der Waals surface area contributed by atoms with E-state index in [2.05, 4.69) is 55.7 Å². The molecular weight excluding hydrogens is 252 g/mol. The van der Waals surface area contributed by atoms with Crippen LogP contribution in [0.5, 0.6) is 0 Å². The van der Waals surface area contributed by atoms with Gasteiger partial charge in [0.25, 0.3) is 0 Å². The second kappa shape index (κ2) is 8.02. The molecule has 1 amide bonds. The summed E-state index contributed by atoms with van der Waals surface area (Å²) in [4.78, 5) is 11.5. The van der Waals surface area contributed by atoms with E-state index in [-0.39, 0.29) is 11.3 Å². The average molecular weight is 278 g/mol. The van der Waals surface area contributed by atoms with Crippen molar-refractivity contribution in [2.45, 2.75) is 32.7 Å². The zero-order valence-corrected chi connectivity index (χ0v) is 13.0. The second-order valence-corrected chi connectivity index (χ2v) is 5.89. The number of hydrogen-bond acceptors (Lipinski definition) is 3. The molecule has 0 radical (unpaired) electrons. The highest BCUT2D eigenvalue weighted by atomic mass is 16.5. The number of ether oxygens (including phenoxy) is 1. The van der Waals surface area contributed by atoms with Crippen LogP contribution in [0, 0.1) is 0 Å². The molecule has 0 fully saturated rings. The maximum Gasteiger partial charge on any atom is 0.234 e. The molecule has 0 saturated heterocycles. The molecular formula is C16H26N2O2. The Morgan fingerprint density at radius 3 is 2.40 bits per heavy atom. The molecule has 0 unspecified atom stereocenters. The Labute approximate surface area is 121 Å². The molecule has 4 heteroatoms.